The summed E-state index contributed by atoms with van der Waals surface area (Å²) in [6.45, 7) is 4.86. The number of aliphatic carboxylic acids is 1. The molecule has 1 rings (SSSR count). The summed E-state index contributed by atoms with van der Waals surface area (Å²) in [7, 11) is 0. The van der Waals surface area contributed by atoms with Gasteiger partial charge in [-0.25, -0.2) is 4.79 Å². The van der Waals surface area contributed by atoms with Gasteiger partial charge < -0.3 is 10.0 Å². The fourth-order valence-corrected chi connectivity index (χ4v) is 2.63. The van der Waals surface area contributed by atoms with Crippen LogP contribution in [0.1, 0.15) is 58.8 Å². The van der Waals surface area contributed by atoms with Crippen molar-refractivity contribution in [3.05, 3.63) is 0 Å². The van der Waals surface area contributed by atoms with Gasteiger partial charge in [-0.05, 0) is 25.2 Å². The van der Waals surface area contributed by atoms with Gasteiger partial charge in [0.15, 0.2) is 0 Å². The van der Waals surface area contributed by atoms with Crippen LogP contribution in [0.4, 0.5) is 0 Å². The highest BCUT2D eigenvalue weighted by Crippen LogP contribution is 2.23. The van der Waals surface area contributed by atoms with Gasteiger partial charge >= 0.3 is 5.97 Å². The lowest BCUT2D eigenvalue weighted by Crippen LogP contribution is -2.41. The van der Waals surface area contributed by atoms with Crippen molar-refractivity contribution in [2.75, 3.05) is 6.54 Å². The third-order valence-electron chi connectivity index (χ3n) is 3.86. The van der Waals surface area contributed by atoms with Crippen molar-refractivity contribution in [3.63, 3.8) is 0 Å². The van der Waals surface area contributed by atoms with Gasteiger partial charge in [-0.3, -0.25) is 4.79 Å². The molecule has 1 unspecified atom stereocenters. The molecule has 1 saturated heterocycles. The van der Waals surface area contributed by atoms with Crippen LogP contribution in [0.25, 0.3) is 0 Å². The number of hydrogen-bond acceptors (Lipinski definition) is 2. The van der Waals surface area contributed by atoms with Crippen LogP contribution >= 0.6 is 0 Å². The zero-order valence-corrected chi connectivity index (χ0v) is 11.5. The van der Waals surface area contributed by atoms with Crippen LogP contribution in [-0.4, -0.2) is 34.5 Å². The molecule has 2 atom stereocenters. The van der Waals surface area contributed by atoms with Crippen LogP contribution < -0.4 is 0 Å². The van der Waals surface area contributed by atoms with E-state index in [4.69, 9.17) is 5.11 Å². The van der Waals surface area contributed by atoms with Crippen LogP contribution in [0.15, 0.2) is 0 Å². The zero-order chi connectivity index (χ0) is 13.5. The maximum Gasteiger partial charge on any atom is 0.326 e. The highest BCUT2D eigenvalue weighted by molar-refractivity contribution is 5.84. The van der Waals surface area contributed by atoms with Gasteiger partial charge in [-0.15, -0.1) is 0 Å². The predicted molar refractivity (Wildman–Crippen MR) is 70.3 cm³/mol. The average Bonchev–Trinajstić information content (AvgIpc) is 2.83. The van der Waals surface area contributed by atoms with Crippen molar-refractivity contribution < 1.29 is 14.7 Å². The quantitative estimate of drug-likeness (QED) is 0.761. The van der Waals surface area contributed by atoms with Crippen LogP contribution in [0.2, 0.25) is 0 Å². The number of carboxylic acid groups (broad SMARTS) is 1. The van der Waals surface area contributed by atoms with Gasteiger partial charge in [0.05, 0.1) is 0 Å². The topological polar surface area (TPSA) is 57.6 Å². The SMILES string of the molecule is CCCCC(CC)CC(=O)N1CCC[C@@H]1C(=O)O. The Hall–Kier alpha value is -1.06. The van der Waals surface area contributed by atoms with Gasteiger partial charge in [0.25, 0.3) is 0 Å². The number of carbonyl (C=O) groups excluding carboxylic acids is 1. The molecule has 0 aromatic carbocycles. The third kappa shape index (κ3) is 4.00. The van der Waals surface area contributed by atoms with Crippen molar-refractivity contribution in [3.8, 4) is 0 Å². The Morgan fingerprint density at radius 1 is 1.39 bits per heavy atom. The molecule has 1 heterocycles. The standard InChI is InChI=1S/C14H25NO3/c1-3-5-7-11(4-2)10-13(16)15-9-6-8-12(15)14(17)18/h11-12H,3-10H2,1-2H3,(H,17,18)/t11?,12-/m1/s1. The molecule has 0 saturated carbocycles. The van der Waals surface area contributed by atoms with Gasteiger partial charge in [-0.1, -0.05) is 33.1 Å². The first-order chi connectivity index (χ1) is 8.60. The summed E-state index contributed by atoms with van der Waals surface area (Å²) in [4.78, 5) is 24.8. The Balaban J connectivity index is 2.50. The number of amides is 1. The second-order valence-electron chi connectivity index (χ2n) is 5.20. The second kappa shape index (κ2) is 7.39. The van der Waals surface area contributed by atoms with E-state index in [2.05, 4.69) is 13.8 Å². The molecule has 1 aliphatic rings. The number of nitrogens with zero attached hydrogens (tertiary/aromatic N) is 1. The maximum absolute atomic E-state index is 12.2. The van der Waals surface area contributed by atoms with E-state index in [1.807, 2.05) is 0 Å². The van der Waals surface area contributed by atoms with E-state index in [0.29, 0.717) is 25.3 Å². The first kappa shape index (κ1) is 15.0. The lowest BCUT2D eigenvalue weighted by Gasteiger charge is -2.24. The van der Waals surface area contributed by atoms with E-state index in [1.165, 1.54) is 0 Å². The van der Waals surface area contributed by atoms with Crippen molar-refractivity contribution in [2.45, 2.75) is 64.8 Å². The van der Waals surface area contributed by atoms with Gasteiger partial charge in [-0.2, -0.15) is 0 Å². The molecule has 0 bridgehead atoms. The highest BCUT2D eigenvalue weighted by Gasteiger charge is 2.34. The summed E-state index contributed by atoms with van der Waals surface area (Å²) in [5.74, 6) is -0.419. The molecule has 18 heavy (non-hydrogen) atoms. The number of hydrogen-bond donors (Lipinski definition) is 1. The average molecular weight is 255 g/mol. The molecule has 104 valence electrons. The van der Waals surface area contributed by atoms with Crippen molar-refractivity contribution >= 4 is 11.9 Å². The minimum absolute atomic E-state index is 0.0304. The molecule has 1 aliphatic heterocycles. The van der Waals surface area contributed by atoms with Crippen LogP contribution in [0.3, 0.4) is 0 Å². The molecule has 1 amide bonds. The molecular formula is C14H25NO3. The van der Waals surface area contributed by atoms with Gasteiger partial charge in [0.1, 0.15) is 6.04 Å². The smallest absolute Gasteiger partial charge is 0.326 e. The normalized spacial score (nSPS) is 21.0. The summed E-state index contributed by atoms with van der Waals surface area (Å²) in [6.07, 6.45) is 6.30. The summed E-state index contributed by atoms with van der Waals surface area (Å²) >= 11 is 0. The Labute approximate surface area is 109 Å². The molecule has 4 heteroatoms. The molecule has 1 N–H and O–H groups in total. The maximum atomic E-state index is 12.2. The first-order valence-corrected chi connectivity index (χ1v) is 7.12. The fraction of sp³-hybridized carbons (Fsp3) is 0.857. The van der Waals surface area contributed by atoms with E-state index in [1.54, 1.807) is 4.90 Å². The van der Waals surface area contributed by atoms with E-state index in [9.17, 15) is 9.59 Å². The number of likely N-dealkylation sites (tertiary alicyclic amines) is 1. The monoisotopic (exact) mass is 255 g/mol. The Bertz CT molecular complexity index is 291. The molecule has 0 aliphatic carbocycles. The minimum Gasteiger partial charge on any atom is -0.480 e. The summed E-state index contributed by atoms with van der Waals surface area (Å²) in [5, 5.41) is 9.07. The molecule has 4 nitrogen and oxygen atoms in total. The van der Waals surface area contributed by atoms with Crippen molar-refractivity contribution in [2.24, 2.45) is 5.92 Å². The Kier molecular flexibility index (Phi) is 6.16. The van der Waals surface area contributed by atoms with Gasteiger partial charge in [0, 0.05) is 13.0 Å². The van der Waals surface area contributed by atoms with E-state index in [0.717, 1.165) is 32.1 Å². The van der Waals surface area contributed by atoms with Crippen LogP contribution in [0.5, 0.6) is 0 Å². The molecule has 0 spiro atoms. The number of unbranched alkanes of at least 4 members (excludes halogenated alkanes) is 1. The van der Waals surface area contributed by atoms with Crippen LogP contribution in [-0.2, 0) is 9.59 Å². The largest absolute Gasteiger partial charge is 0.480 e. The molecule has 0 aromatic heterocycles. The summed E-state index contributed by atoms with van der Waals surface area (Å²) in [5.41, 5.74) is 0. The lowest BCUT2D eigenvalue weighted by atomic mass is 9.95. The molecular weight excluding hydrogens is 230 g/mol. The zero-order valence-electron chi connectivity index (χ0n) is 11.5. The summed E-state index contributed by atoms with van der Waals surface area (Å²) < 4.78 is 0. The second-order valence-corrected chi connectivity index (χ2v) is 5.20. The molecule has 0 aromatic rings. The van der Waals surface area contributed by atoms with Crippen molar-refractivity contribution in [1.82, 2.24) is 4.90 Å². The van der Waals surface area contributed by atoms with E-state index in [-0.39, 0.29) is 5.91 Å². The predicted octanol–water partition coefficient (Wildman–Crippen LogP) is 2.67. The fourth-order valence-electron chi connectivity index (χ4n) is 2.63. The summed E-state index contributed by atoms with van der Waals surface area (Å²) in [6, 6.07) is -0.582. The van der Waals surface area contributed by atoms with Crippen molar-refractivity contribution in [1.29, 1.82) is 0 Å². The minimum atomic E-state index is -0.859. The number of carbonyl (C=O) groups is 2. The Morgan fingerprint density at radius 3 is 2.67 bits per heavy atom. The third-order valence-corrected chi connectivity index (χ3v) is 3.86. The van der Waals surface area contributed by atoms with Gasteiger partial charge in [0.2, 0.25) is 5.91 Å². The molecule has 0 radical (unpaired) electrons. The van der Waals surface area contributed by atoms with Crippen LogP contribution in [0, 0.1) is 5.92 Å². The number of carboxylic acids is 1. The molecule has 1 fully saturated rings. The Morgan fingerprint density at radius 2 is 2.11 bits per heavy atom. The first-order valence-electron chi connectivity index (χ1n) is 7.12. The highest BCUT2D eigenvalue weighted by atomic mass is 16.4. The van der Waals surface area contributed by atoms with E-state index < -0.39 is 12.0 Å². The number of rotatable bonds is 7. The lowest BCUT2D eigenvalue weighted by molar-refractivity contribution is -0.148. The van der Waals surface area contributed by atoms with E-state index >= 15 is 0 Å².